The van der Waals surface area contributed by atoms with Crippen LogP contribution >= 0.6 is 0 Å². The summed E-state index contributed by atoms with van der Waals surface area (Å²) in [4.78, 5) is 2.50. The van der Waals surface area contributed by atoms with Gasteiger partial charge in [0, 0.05) is 31.9 Å². The summed E-state index contributed by atoms with van der Waals surface area (Å²) >= 11 is 0. The van der Waals surface area contributed by atoms with Crippen LogP contribution in [0.3, 0.4) is 0 Å². The van der Waals surface area contributed by atoms with Crippen LogP contribution in [-0.4, -0.2) is 57.7 Å². The number of hydrogen-bond donors (Lipinski definition) is 1. The van der Waals surface area contributed by atoms with Gasteiger partial charge in [0.05, 0.1) is 25.5 Å². The van der Waals surface area contributed by atoms with Crippen LogP contribution in [0.5, 0.6) is 0 Å². The Morgan fingerprint density at radius 2 is 2.05 bits per heavy atom. The molecule has 1 N–H and O–H groups in total. The number of nitrogens with zero attached hydrogens (tertiary/aromatic N) is 3. The van der Waals surface area contributed by atoms with Gasteiger partial charge in [0.1, 0.15) is 0 Å². The van der Waals surface area contributed by atoms with Crippen molar-refractivity contribution >= 4 is 0 Å². The van der Waals surface area contributed by atoms with Crippen LogP contribution in [0, 0.1) is 0 Å². The maximum absolute atomic E-state index is 10.9. The molecule has 5 heteroatoms. The van der Waals surface area contributed by atoms with Gasteiger partial charge >= 0.3 is 0 Å². The molecule has 2 aliphatic rings. The normalized spacial score (nSPS) is 24.3. The van der Waals surface area contributed by atoms with E-state index in [1.54, 1.807) is 0 Å². The predicted octanol–water partition coefficient (Wildman–Crippen LogP) is 1.36. The molecule has 5 nitrogen and oxygen atoms in total. The van der Waals surface area contributed by atoms with E-state index in [0.29, 0.717) is 0 Å². The number of aryl methyl sites for hydroxylation is 2. The maximum Gasteiger partial charge on any atom is 0.0727 e. The van der Waals surface area contributed by atoms with Crippen LogP contribution in [-0.2, 0) is 18.2 Å². The average Bonchev–Trinajstić information content (AvgIpc) is 3.15. The molecule has 0 amide bonds. The minimum absolute atomic E-state index is 0.00795. The van der Waals surface area contributed by atoms with Gasteiger partial charge in [-0.1, -0.05) is 12.8 Å². The zero-order valence-electron chi connectivity index (χ0n) is 13.0. The Kier molecular flexibility index (Phi) is 4.62. The summed E-state index contributed by atoms with van der Waals surface area (Å²) in [6.07, 6.45) is 10.2. The first kappa shape index (κ1) is 15.0. The molecule has 2 fully saturated rings. The molecule has 0 aromatic carbocycles. The summed E-state index contributed by atoms with van der Waals surface area (Å²) in [6.45, 7) is 3.53. The third-order valence-corrected chi connectivity index (χ3v) is 5.20. The van der Waals surface area contributed by atoms with E-state index in [1.807, 2.05) is 24.1 Å². The summed E-state index contributed by atoms with van der Waals surface area (Å²) in [5.41, 5.74) is 1.21. The summed E-state index contributed by atoms with van der Waals surface area (Å²) in [5.74, 6) is 0. The summed E-state index contributed by atoms with van der Waals surface area (Å²) < 4.78 is 7.31. The van der Waals surface area contributed by atoms with E-state index in [9.17, 15) is 5.11 Å². The van der Waals surface area contributed by atoms with Gasteiger partial charge < -0.3 is 9.84 Å². The molecule has 2 heterocycles. The molecule has 3 rings (SSSR count). The van der Waals surface area contributed by atoms with Crippen molar-refractivity contribution in [2.24, 2.45) is 7.05 Å². The molecule has 1 saturated carbocycles. The zero-order chi connectivity index (χ0) is 14.7. The van der Waals surface area contributed by atoms with Gasteiger partial charge in [0.2, 0.25) is 0 Å². The number of hydrogen-bond acceptors (Lipinski definition) is 4. The zero-order valence-corrected chi connectivity index (χ0v) is 13.0. The Labute approximate surface area is 126 Å². The van der Waals surface area contributed by atoms with Crippen molar-refractivity contribution in [1.29, 1.82) is 0 Å². The fourth-order valence-corrected chi connectivity index (χ4v) is 4.03. The number of ether oxygens (including phenoxy) is 1. The Morgan fingerprint density at radius 3 is 2.67 bits per heavy atom. The molecule has 1 aliphatic heterocycles. The van der Waals surface area contributed by atoms with Crippen molar-refractivity contribution in [3.63, 3.8) is 0 Å². The van der Waals surface area contributed by atoms with Crippen LogP contribution in [0.2, 0.25) is 0 Å². The molecule has 1 unspecified atom stereocenters. The van der Waals surface area contributed by atoms with Crippen LogP contribution in [0.25, 0.3) is 0 Å². The van der Waals surface area contributed by atoms with E-state index in [4.69, 9.17) is 4.74 Å². The van der Waals surface area contributed by atoms with Gasteiger partial charge in [-0.25, -0.2) is 0 Å². The number of aliphatic hydroxyl groups excluding tert-OH is 1. The Balaban J connectivity index is 1.65. The topological polar surface area (TPSA) is 50.5 Å². The first-order valence-corrected chi connectivity index (χ1v) is 8.19. The average molecular weight is 293 g/mol. The van der Waals surface area contributed by atoms with E-state index in [2.05, 4.69) is 10.00 Å². The monoisotopic (exact) mass is 293 g/mol. The number of morpholine rings is 1. The lowest BCUT2D eigenvalue weighted by Crippen LogP contribution is -2.58. The molecular formula is C16H27N3O2. The largest absolute Gasteiger partial charge is 0.391 e. The minimum Gasteiger partial charge on any atom is -0.391 e. The minimum atomic E-state index is -0.252. The second-order valence-electron chi connectivity index (χ2n) is 6.49. The Bertz CT molecular complexity index is 448. The molecule has 118 valence electrons. The highest BCUT2D eigenvalue weighted by atomic mass is 16.5. The summed E-state index contributed by atoms with van der Waals surface area (Å²) in [7, 11) is 1.94. The molecule has 1 atom stereocenters. The van der Waals surface area contributed by atoms with Gasteiger partial charge in [-0.3, -0.25) is 9.58 Å². The molecule has 1 saturated heterocycles. The lowest BCUT2D eigenvalue weighted by Gasteiger charge is -2.46. The molecule has 0 spiro atoms. The van der Waals surface area contributed by atoms with E-state index < -0.39 is 0 Å². The van der Waals surface area contributed by atoms with Crippen LogP contribution in [0.1, 0.15) is 37.7 Å². The molecule has 1 aromatic rings. The third kappa shape index (κ3) is 3.15. The van der Waals surface area contributed by atoms with E-state index in [-0.39, 0.29) is 11.6 Å². The van der Waals surface area contributed by atoms with Crippen molar-refractivity contribution in [3.05, 3.63) is 18.0 Å². The van der Waals surface area contributed by atoms with Gasteiger partial charge in [-0.2, -0.15) is 5.10 Å². The smallest absolute Gasteiger partial charge is 0.0727 e. The maximum atomic E-state index is 10.9. The highest BCUT2D eigenvalue weighted by Gasteiger charge is 2.45. The van der Waals surface area contributed by atoms with Crippen molar-refractivity contribution in [1.82, 2.24) is 14.7 Å². The number of rotatable bonds is 5. The Morgan fingerprint density at radius 1 is 1.33 bits per heavy atom. The second kappa shape index (κ2) is 6.46. The van der Waals surface area contributed by atoms with Gasteiger partial charge in [0.15, 0.2) is 0 Å². The predicted molar refractivity (Wildman–Crippen MR) is 81.1 cm³/mol. The van der Waals surface area contributed by atoms with Crippen molar-refractivity contribution in [2.75, 3.05) is 26.3 Å². The van der Waals surface area contributed by atoms with Crippen LogP contribution in [0.15, 0.2) is 12.4 Å². The number of aromatic nitrogens is 2. The number of aliphatic hydroxyl groups is 1. The highest BCUT2D eigenvalue weighted by Crippen LogP contribution is 2.40. The summed E-state index contributed by atoms with van der Waals surface area (Å²) in [6, 6.07) is 0. The summed E-state index contributed by atoms with van der Waals surface area (Å²) in [5, 5.41) is 15.1. The molecule has 1 aliphatic carbocycles. The molecule has 0 bridgehead atoms. The highest BCUT2D eigenvalue weighted by molar-refractivity contribution is 5.07. The lowest BCUT2D eigenvalue weighted by atomic mass is 9.84. The first-order chi connectivity index (χ1) is 10.2. The fraction of sp³-hybridized carbons (Fsp3) is 0.812. The van der Waals surface area contributed by atoms with Gasteiger partial charge in [0.25, 0.3) is 0 Å². The second-order valence-corrected chi connectivity index (χ2v) is 6.49. The van der Waals surface area contributed by atoms with Gasteiger partial charge in [-0.05, 0) is 31.2 Å². The molecule has 21 heavy (non-hydrogen) atoms. The molecular weight excluding hydrogens is 266 g/mol. The van der Waals surface area contributed by atoms with E-state index in [0.717, 1.165) is 52.0 Å². The van der Waals surface area contributed by atoms with E-state index >= 15 is 0 Å². The Hall–Kier alpha value is -0.910. The molecule has 1 aromatic heterocycles. The van der Waals surface area contributed by atoms with Gasteiger partial charge in [-0.15, -0.1) is 0 Å². The standard InChI is InChI=1S/C16H27N3O2/c1-18-13-14(12-17-18)4-5-15(20)16(6-2-3-7-16)19-8-10-21-11-9-19/h12-13,15,20H,2-11H2,1H3. The quantitative estimate of drug-likeness (QED) is 0.890. The molecule has 0 radical (unpaired) electrons. The van der Waals surface area contributed by atoms with E-state index in [1.165, 1.54) is 18.4 Å². The third-order valence-electron chi connectivity index (χ3n) is 5.20. The van der Waals surface area contributed by atoms with Crippen LogP contribution in [0.4, 0.5) is 0 Å². The van der Waals surface area contributed by atoms with Crippen molar-refractivity contribution < 1.29 is 9.84 Å². The van der Waals surface area contributed by atoms with Crippen molar-refractivity contribution in [2.45, 2.75) is 50.2 Å². The SMILES string of the molecule is Cn1cc(CCC(O)C2(N3CCOCC3)CCCC2)cn1. The van der Waals surface area contributed by atoms with Crippen molar-refractivity contribution in [3.8, 4) is 0 Å². The lowest BCUT2D eigenvalue weighted by molar-refractivity contribution is -0.0777. The first-order valence-electron chi connectivity index (χ1n) is 8.19. The fourth-order valence-electron chi connectivity index (χ4n) is 4.03. The van der Waals surface area contributed by atoms with Crippen LogP contribution < -0.4 is 0 Å².